The number of aromatic nitrogens is 2. The van der Waals surface area contributed by atoms with Crippen LogP contribution in [0.25, 0.3) is 0 Å². The highest BCUT2D eigenvalue weighted by Crippen LogP contribution is 2.15. The molecule has 2 amide bonds. The third-order valence-electron chi connectivity index (χ3n) is 3.86. The average molecular weight is 351 g/mol. The lowest BCUT2D eigenvalue weighted by molar-refractivity contribution is 0.0935. The fraction of sp³-hybridized carbons (Fsp3) is 0.625. The Hall–Kier alpha value is -2.42. The molecule has 0 radical (unpaired) electrons. The van der Waals surface area contributed by atoms with Crippen LogP contribution in [-0.2, 0) is 9.47 Å². The summed E-state index contributed by atoms with van der Waals surface area (Å²) in [6, 6.07) is 0.187. The van der Waals surface area contributed by atoms with Gasteiger partial charge in [-0.1, -0.05) is 0 Å². The minimum absolute atomic E-state index is 0.187. The number of carbonyl (C=O) groups excluding carboxylic acids is 2. The highest BCUT2D eigenvalue weighted by atomic mass is 16.6. The van der Waals surface area contributed by atoms with E-state index in [0.29, 0.717) is 44.4 Å². The molecule has 1 aliphatic rings. The second-order valence-corrected chi connectivity index (χ2v) is 5.65. The summed E-state index contributed by atoms with van der Waals surface area (Å²) in [7, 11) is 1.58. The van der Waals surface area contributed by atoms with Crippen molar-refractivity contribution in [3.05, 3.63) is 18.0 Å². The van der Waals surface area contributed by atoms with Crippen molar-refractivity contribution >= 4 is 17.9 Å². The number of anilines is 1. The topological polar surface area (TPSA) is 106 Å². The molecule has 0 unspecified atom stereocenters. The van der Waals surface area contributed by atoms with Crippen LogP contribution in [-0.4, -0.2) is 72.9 Å². The zero-order valence-electron chi connectivity index (χ0n) is 14.7. The molecule has 9 nitrogen and oxygen atoms in total. The maximum absolute atomic E-state index is 11.9. The van der Waals surface area contributed by atoms with Crippen LogP contribution in [0.1, 0.15) is 30.1 Å². The second kappa shape index (κ2) is 9.77. The Morgan fingerprint density at radius 3 is 2.56 bits per heavy atom. The van der Waals surface area contributed by atoms with Crippen molar-refractivity contribution in [3.8, 4) is 0 Å². The van der Waals surface area contributed by atoms with Gasteiger partial charge in [-0.2, -0.15) is 0 Å². The molecule has 0 saturated carbocycles. The molecular formula is C16H25N5O4. The van der Waals surface area contributed by atoms with Gasteiger partial charge in [-0.3, -0.25) is 4.79 Å². The van der Waals surface area contributed by atoms with Crippen molar-refractivity contribution in [2.75, 3.05) is 45.3 Å². The molecule has 2 heterocycles. The molecule has 138 valence electrons. The molecule has 1 aromatic heterocycles. The van der Waals surface area contributed by atoms with E-state index in [4.69, 9.17) is 9.47 Å². The number of amides is 2. The number of piperidine rings is 1. The quantitative estimate of drug-likeness (QED) is 0.703. The Balaban J connectivity index is 1.78. The molecule has 2 N–H and O–H groups in total. The van der Waals surface area contributed by atoms with Crippen LogP contribution in [0, 0.1) is 0 Å². The van der Waals surface area contributed by atoms with Gasteiger partial charge in [-0.05, 0) is 19.8 Å². The summed E-state index contributed by atoms with van der Waals surface area (Å²) in [5, 5.41) is 5.95. The molecule has 0 bridgehead atoms. The van der Waals surface area contributed by atoms with Gasteiger partial charge in [0.05, 0.1) is 18.8 Å². The van der Waals surface area contributed by atoms with Crippen molar-refractivity contribution < 1.29 is 19.1 Å². The maximum atomic E-state index is 11.9. The standard InChI is InChI=1S/C16H25N5O4/c1-3-25-16(23)21-7-4-13(5-8-21)20-15-18-10-12(11-19-15)14(22)17-6-9-24-2/h10-11,13H,3-9H2,1-2H3,(H,17,22)(H,18,19,20). The molecule has 9 heteroatoms. The van der Waals surface area contributed by atoms with Crippen LogP contribution in [0.3, 0.4) is 0 Å². The summed E-state index contributed by atoms with van der Waals surface area (Å²) in [6.07, 6.45) is 4.31. The van der Waals surface area contributed by atoms with E-state index in [0.717, 1.165) is 12.8 Å². The van der Waals surface area contributed by atoms with Gasteiger partial charge in [-0.25, -0.2) is 14.8 Å². The van der Waals surface area contributed by atoms with E-state index in [1.165, 1.54) is 12.4 Å². The van der Waals surface area contributed by atoms with Crippen molar-refractivity contribution in [2.24, 2.45) is 0 Å². The molecule has 1 aliphatic heterocycles. The molecule has 0 atom stereocenters. The monoisotopic (exact) mass is 351 g/mol. The largest absolute Gasteiger partial charge is 0.450 e. The molecule has 1 saturated heterocycles. The predicted octanol–water partition coefficient (Wildman–Crippen LogP) is 0.886. The number of nitrogens with one attached hydrogen (secondary N) is 2. The first-order chi connectivity index (χ1) is 12.1. The van der Waals surface area contributed by atoms with Crippen molar-refractivity contribution in [1.29, 1.82) is 0 Å². The van der Waals surface area contributed by atoms with Gasteiger partial charge in [0, 0.05) is 45.2 Å². The lowest BCUT2D eigenvalue weighted by Gasteiger charge is -2.31. The number of rotatable bonds is 7. The third kappa shape index (κ3) is 5.86. The van der Waals surface area contributed by atoms with E-state index < -0.39 is 0 Å². The zero-order valence-corrected chi connectivity index (χ0v) is 14.7. The Morgan fingerprint density at radius 2 is 1.96 bits per heavy atom. The number of nitrogens with zero attached hydrogens (tertiary/aromatic N) is 3. The van der Waals surface area contributed by atoms with Crippen LogP contribution < -0.4 is 10.6 Å². The number of ether oxygens (including phenoxy) is 2. The fourth-order valence-corrected chi connectivity index (χ4v) is 2.49. The zero-order chi connectivity index (χ0) is 18.1. The lowest BCUT2D eigenvalue weighted by atomic mass is 10.1. The van der Waals surface area contributed by atoms with Gasteiger partial charge in [0.1, 0.15) is 0 Å². The van der Waals surface area contributed by atoms with Crippen LogP contribution in [0.15, 0.2) is 12.4 Å². The SMILES string of the molecule is CCOC(=O)N1CCC(Nc2ncc(C(=O)NCCOC)cn2)CC1. The molecule has 0 spiro atoms. The first kappa shape index (κ1) is 18.9. The fourth-order valence-electron chi connectivity index (χ4n) is 2.49. The number of hydrogen-bond donors (Lipinski definition) is 2. The Kier molecular flexibility index (Phi) is 7.39. The van der Waals surface area contributed by atoms with E-state index >= 15 is 0 Å². The summed E-state index contributed by atoms with van der Waals surface area (Å²) in [5.41, 5.74) is 0.402. The Morgan fingerprint density at radius 1 is 1.28 bits per heavy atom. The molecule has 0 aromatic carbocycles. The van der Waals surface area contributed by atoms with Gasteiger partial charge in [0.15, 0.2) is 0 Å². The van der Waals surface area contributed by atoms with Gasteiger partial charge >= 0.3 is 6.09 Å². The van der Waals surface area contributed by atoms with Crippen molar-refractivity contribution in [3.63, 3.8) is 0 Å². The Labute approximate surface area is 147 Å². The predicted molar refractivity (Wildman–Crippen MR) is 91.5 cm³/mol. The average Bonchev–Trinajstić information content (AvgIpc) is 2.63. The summed E-state index contributed by atoms with van der Waals surface area (Å²) in [4.78, 5) is 33.6. The van der Waals surface area contributed by atoms with Gasteiger partial charge in [-0.15, -0.1) is 0 Å². The Bertz CT molecular complexity index is 558. The number of likely N-dealkylation sites (tertiary alicyclic amines) is 1. The highest BCUT2D eigenvalue weighted by molar-refractivity contribution is 5.93. The van der Waals surface area contributed by atoms with Crippen LogP contribution in [0.4, 0.5) is 10.7 Å². The summed E-state index contributed by atoms with van der Waals surface area (Å²) >= 11 is 0. The molecule has 2 rings (SSSR count). The van der Waals surface area contributed by atoms with E-state index in [-0.39, 0.29) is 18.0 Å². The van der Waals surface area contributed by atoms with Crippen LogP contribution in [0.2, 0.25) is 0 Å². The van der Waals surface area contributed by atoms with Crippen LogP contribution >= 0.6 is 0 Å². The van der Waals surface area contributed by atoms with Crippen molar-refractivity contribution in [2.45, 2.75) is 25.8 Å². The van der Waals surface area contributed by atoms with Crippen LogP contribution in [0.5, 0.6) is 0 Å². The summed E-state index contributed by atoms with van der Waals surface area (Å²) in [6.45, 7) is 4.35. The van der Waals surface area contributed by atoms with Gasteiger partial charge < -0.3 is 25.0 Å². The lowest BCUT2D eigenvalue weighted by Crippen LogP contribution is -2.42. The normalized spacial score (nSPS) is 14.9. The second-order valence-electron chi connectivity index (χ2n) is 5.65. The minimum Gasteiger partial charge on any atom is -0.450 e. The number of hydrogen-bond acceptors (Lipinski definition) is 7. The smallest absolute Gasteiger partial charge is 0.409 e. The molecule has 1 aromatic rings. The first-order valence-corrected chi connectivity index (χ1v) is 8.41. The molecule has 1 fully saturated rings. The van der Waals surface area contributed by atoms with E-state index in [9.17, 15) is 9.59 Å². The number of methoxy groups -OCH3 is 1. The first-order valence-electron chi connectivity index (χ1n) is 8.41. The van der Waals surface area contributed by atoms with E-state index in [2.05, 4.69) is 20.6 Å². The minimum atomic E-state index is -0.263. The van der Waals surface area contributed by atoms with E-state index in [1.54, 1.807) is 18.9 Å². The van der Waals surface area contributed by atoms with E-state index in [1.807, 2.05) is 0 Å². The summed E-state index contributed by atoms with van der Waals surface area (Å²) in [5.74, 6) is 0.245. The molecule has 0 aliphatic carbocycles. The highest BCUT2D eigenvalue weighted by Gasteiger charge is 2.23. The number of carbonyl (C=O) groups is 2. The van der Waals surface area contributed by atoms with Crippen molar-refractivity contribution in [1.82, 2.24) is 20.2 Å². The molecular weight excluding hydrogens is 326 g/mol. The maximum Gasteiger partial charge on any atom is 0.409 e. The summed E-state index contributed by atoms with van der Waals surface area (Å²) < 4.78 is 9.88. The van der Waals surface area contributed by atoms with Gasteiger partial charge in [0.2, 0.25) is 5.95 Å². The van der Waals surface area contributed by atoms with Gasteiger partial charge in [0.25, 0.3) is 5.91 Å². The molecule has 25 heavy (non-hydrogen) atoms. The third-order valence-corrected chi connectivity index (χ3v) is 3.86.